The number of hydrogen-bond donors (Lipinski definition) is 2. The van der Waals surface area contributed by atoms with Gasteiger partial charge in [-0.15, -0.1) is 0 Å². The minimum atomic E-state index is -0.449. The molecule has 0 fully saturated rings. The Morgan fingerprint density at radius 3 is 2.83 bits per heavy atom. The van der Waals surface area contributed by atoms with Crippen LogP contribution in [-0.2, 0) is 0 Å². The van der Waals surface area contributed by atoms with Crippen LogP contribution in [-0.4, -0.2) is 17.6 Å². The summed E-state index contributed by atoms with van der Waals surface area (Å²) in [6, 6.07) is 3.97. The molecule has 1 aromatic carbocycles. The van der Waals surface area contributed by atoms with E-state index < -0.39 is 5.82 Å². The molecule has 0 aliphatic rings. The van der Waals surface area contributed by atoms with Crippen LogP contribution in [0.1, 0.15) is 38.2 Å². The lowest BCUT2D eigenvalue weighted by Crippen LogP contribution is -2.15. The van der Waals surface area contributed by atoms with Gasteiger partial charge in [0.1, 0.15) is 11.6 Å². The Bertz CT molecular complexity index is 408. The van der Waals surface area contributed by atoms with Crippen LogP contribution in [0.25, 0.3) is 0 Å². The largest absolute Gasteiger partial charge is 0.493 e. The van der Waals surface area contributed by atoms with Gasteiger partial charge in [0.2, 0.25) is 0 Å². The van der Waals surface area contributed by atoms with Crippen LogP contribution >= 0.6 is 0 Å². The molecule has 0 saturated heterocycles. The van der Waals surface area contributed by atoms with E-state index in [1.807, 2.05) is 0 Å². The summed E-state index contributed by atoms with van der Waals surface area (Å²) in [6.45, 7) is 2.68. The summed E-state index contributed by atoms with van der Waals surface area (Å²) in [6.07, 6.45) is 4.35. The molecule has 0 saturated carbocycles. The predicted molar refractivity (Wildman–Crippen MR) is 68.5 cm³/mol. The van der Waals surface area contributed by atoms with Crippen LogP contribution in [0.2, 0.25) is 0 Å². The van der Waals surface area contributed by atoms with Crippen molar-refractivity contribution in [3.05, 3.63) is 29.6 Å². The van der Waals surface area contributed by atoms with Gasteiger partial charge in [0.05, 0.1) is 12.2 Å². The first-order chi connectivity index (χ1) is 8.69. The van der Waals surface area contributed by atoms with E-state index in [0.29, 0.717) is 12.4 Å². The minimum absolute atomic E-state index is 0.155. The summed E-state index contributed by atoms with van der Waals surface area (Å²) in [5.74, 6) is -0.170. The quantitative estimate of drug-likeness (QED) is 0.258. The maximum atomic E-state index is 13.1. The second-order valence-corrected chi connectivity index (χ2v) is 4.03. The maximum Gasteiger partial charge on any atom is 0.173 e. The normalized spacial score (nSPS) is 11.6. The topological polar surface area (TPSA) is 67.8 Å². The minimum Gasteiger partial charge on any atom is -0.493 e. The highest BCUT2D eigenvalue weighted by molar-refractivity contribution is 5.99. The molecule has 0 spiro atoms. The van der Waals surface area contributed by atoms with Crippen molar-refractivity contribution in [1.29, 1.82) is 0 Å². The highest BCUT2D eigenvalue weighted by atomic mass is 19.1. The van der Waals surface area contributed by atoms with Crippen molar-refractivity contribution in [3.8, 4) is 5.75 Å². The third-order valence-corrected chi connectivity index (χ3v) is 2.58. The number of benzene rings is 1. The fraction of sp³-hybridized carbons (Fsp3) is 0.462. The van der Waals surface area contributed by atoms with E-state index in [1.165, 1.54) is 24.6 Å². The molecule has 1 rings (SSSR count). The second-order valence-electron chi connectivity index (χ2n) is 4.03. The third kappa shape index (κ3) is 4.24. The summed E-state index contributed by atoms with van der Waals surface area (Å²) < 4.78 is 18.6. The van der Waals surface area contributed by atoms with Crippen molar-refractivity contribution in [2.45, 2.75) is 32.6 Å². The van der Waals surface area contributed by atoms with Crippen molar-refractivity contribution >= 4 is 5.84 Å². The number of nitrogens with two attached hydrogens (primary N) is 1. The van der Waals surface area contributed by atoms with E-state index in [0.717, 1.165) is 19.3 Å². The van der Waals surface area contributed by atoms with E-state index in [1.54, 1.807) is 0 Å². The molecule has 0 heterocycles. The smallest absolute Gasteiger partial charge is 0.173 e. The Hall–Kier alpha value is -1.78. The number of halogens is 1. The standard InChI is InChI=1S/C13H19FN2O2/c1-2-3-4-5-8-18-12-7-6-10(14)9-11(12)13(15)16-17/h6-7,9,17H,2-5,8H2,1H3,(H2,15,16). The second kappa shape index (κ2) is 7.53. The third-order valence-electron chi connectivity index (χ3n) is 2.58. The maximum absolute atomic E-state index is 13.1. The summed E-state index contributed by atoms with van der Waals surface area (Å²) >= 11 is 0. The number of amidine groups is 1. The van der Waals surface area contributed by atoms with Crippen molar-refractivity contribution < 1.29 is 14.3 Å². The molecule has 100 valence electrons. The van der Waals surface area contributed by atoms with Gasteiger partial charge >= 0.3 is 0 Å². The van der Waals surface area contributed by atoms with Gasteiger partial charge in [-0.05, 0) is 24.6 Å². The molecule has 5 heteroatoms. The predicted octanol–water partition coefficient (Wildman–Crippen LogP) is 2.88. The van der Waals surface area contributed by atoms with Crippen LogP contribution in [0.5, 0.6) is 5.75 Å². The molecule has 0 amide bonds. The molecule has 0 atom stereocenters. The fourth-order valence-electron chi connectivity index (χ4n) is 1.59. The molecular weight excluding hydrogens is 235 g/mol. The van der Waals surface area contributed by atoms with Crippen molar-refractivity contribution in [2.24, 2.45) is 10.9 Å². The first-order valence-electron chi connectivity index (χ1n) is 6.09. The number of hydrogen-bond acceptors (Lipinski definition) is 3. The van der Waals surface area contributed by atoms with Gasteiger partial charge < -0.3 is 15.7 Å². The number of oxime groups is 1. The van der Waals surface area contributed by atoms with Crippen LogP contribution in [0.3, 0.4) is 0 Å². The zero-order chi connectivity index (χ0) is 13.4. The van der Waals surface area contributed by atoms with Gasteiger partial charge in [-0.25, -0.2) is 4.39 Å². The Labute approximate surface area is 106 Å². The molecule has 3 N–H and O–H groups in total. The van der Waals surface area contributed by atoms with Gasteiger partial charge in [-0.2, -0.15) is 0 Å². The lowest BCUT2D eigenvalue weighted by molar-refractivity contribution is 0.302. The van der Waals surface area contributed by atoms with Gasteiger partial charge in [-0.3, -0.25) is 0 Å². The van der Waals surface area contributed by atoms with Gasteiger partial charge in [0.15, 0.2) is 5.84 Å². The highest BCUT2D eigenvalue weighted by Crippen LogP contribution is 2.20. The number of nitrogens with zero attached hydrogens (tertiary/aromatic N) is 1. The lowest BCUT2D eigenvalue weighted by atomic mass is 10.1. The molecule has 1 aromatic rings. The van der Waals surface area contributed by atoms with Crippen molar-refractivity contribution in [1.82, 2.24) is 0 Å². The monoisotopic (exact) mass is 254 g/mol. The highest BCUT2D eigenvalue weighted by Gasteiger charge is 2.09. The molecule has 18 heavy (non-hydrogen) atoms. The van der Waals surface area contributed by atoms with Crippen molar-refractivity contribution in [3.63, 3.8) is 0 Å². The zero-order valence-corrected chi connectivity index (χ0v) is 10.5. The molecule has 0 aliphatic heterocycles. The van der Waals surface area contributed by atoms with E-state index >= 15 is 0 Å². The Balaban J connectivity index is 2.64. The fourth-order valence-corrected chi connectivity index (χ4v) is 1.59. The van der Waals surface area contributed by atoms with E-state index in [-0.39, 0.29) is 11.4 Å². The van der Waals surface area contributed by atoms with Crippen LogP contribution < -0.4 is 10.5 Å². The van der Waals surface area contributed by atoms with E-state index in [4.69, 9.17) is 15.7 Å². The molecule has 0 unspecified atom stereocenters. The lowest BCUT2D eigenvalue weighted by Gasteiger charge is -2.10. The van der Waals surface area contributed by atoms with E-state index in [2.05, 4.69) is 12.1 Å². The first-order valence-corrected chi connectivity index (χ1v) is 6.09. The summed E-state index contributed by atoms with van der Waals surface area (Å²) in [7, 11) is 0. The average Bonchev–Trinajstić information content (AvgIpc) is 2.39. The SMILES string of the molecule is CCCCCCOc1ccc(F)cc1C(N)=NO. The molecule has 0 radical (unpaired) electrons. The van der Waals surface area contributed by atoms with Gasteiger partial charge in [0, 0.05) is 0 Å². The summed E-state index contributed by atoms with van der Waals surface area (Å²) in [5.41, 5.74) is 5.74. The van der Waals surface area contributed by atoms with Crippen LogP contribution in [0.15, 0.2) is 23.4 Å². The number of rotatable bonds is 7. The molecule has 0 aromatic heterocycles. The molecule has 0 aliphatic carbocycles. The van der Waals surface area contributed by atoms with Crippen LogP contribution in [0, 0.1) is 5.82 Å². The Morgan fingerprint density at radius 2 is 2.17 bits per heavy atom. The zero-order valence-electron chi connectivity index (χ0n) is 10.5. The Kier molecular flexibility index (Phi) is 5.97. The summed E-state index contributed by atoms with van der Waals surface area (Å²) in [4.78, 5) is 0. The Morgan fingerprint density at radius 1 is 1.39 bits per heavy atom. The molecule has 0 bridgehead atoms. The summed E-state index contributed by atoms with van der Waals surface area (Å²) in [5, 5.41) is 11.5. The number of unbranched alkanes of at least 4 members (excludes halogenated alkanes) is 3. The first kappa shape index (κ1) is 14.3. The van der Waals surface area contributed by atoms with E-state index in [9.17, 15) is 4.39 Å². The van der Waals surface area contributed by atoms with Gasteiger partial charge in [-0.1, -0.05) is 31.3 Å². The van der Waals surface area contributed by atoms with Crippen molar-refractivity contribution in [2.75, 3.05) is 6.61 Å². The average molecular weight is 254 g/mol. The van der Waals surface area contributed by atoms with Crippen LogP contribution in [0.4, 0.5) is 4.39 Å². The number of ether oxygens (including phenoxy) is 1. The van der Waals surface area contributed by atoms with Gasteiger partial charge in [0.25, 0.3) is 0 Å². The molecular formula is C13H19FN2O2. The molecule has 4 nitrogen and oxygen atoms in total.